The highest BCUT2D eigenvalue weighted by Crippen LogP contribution is 2.25. The van der Waals surface area contributed by atoms with E-state index in [-0.39, 0.29) is 12.0 Å². The molecule has 0 saturated carbocycles. The van der Waals surface area contributed by atoms with Crippen LogP contribution in [0.1, 0.15) is 23.2 Å². The summed E-state index contributed by atoms with van der Waals surface area (Å²) in [7, 11) is 0. The van der Waals surface area contributed by atoms with Gasteiger partial charge in [-0.2, -0.15) is 0 Å². The van der Waals surface area contributed by atoms with Gasteiger partial charge in [-0.05, 0) is 59.7 Å². The summed E-state index contributed by atoms with van der Waals surface area (Å²) in [6.45, 7) is 1.26. The maximum atomic E-state index is 12.6. The first-order chi connectivity index (χ1) is 13.3. The number of ether oxygens (including phenoxy) is 2. The molecule has 3 aromatic rings. The summed E-state index contributed by atoms with van der Waals surface area (Å²) in [5, 5.41) is 13.9. The fraction of sp³-hybridized carbons (Fsp3) is 0.263. The molecule has 0 radical (unpaired) electrons. The van der Waals surface area contributed by atoms with E-state index in [0.717, 1.165) is 25.1 Å². The van der Waals surface area contributed by atoms with Crippen LogP contribution in [0.15, 0.2) is 54.9 Å². The largest absolute Gasteiger partial charge is 0.489 e. The van der Waals surface area contributed by atoms with Crippen LogP contribution in [-0.4, -0.2) is 45.4 Å². The van der Waals surface area contributed by atoms with Crippen molar-refractivity contribution in [2.45, 2.75) is 18.9 Å². The van der Waals surface area contributed by atoms with Gasteiger partial charge >= 0.3 is 0 Å². The van der Waals surface area contributed by atoms with Crippen LogP contribution in [0.2, 0.25) is 0 Å². The van der Waals surface area contributed by atoms with Gasteiger partial charge in [-0.3, -0.25) is 4.79 Å². The number of carbonyl (C=O) groups is 1. The minimum absolute atomic E-state index is 0.118. The van der Waals surface area contributed by atoms with Crippen molar-refractivity contribution >= 4 is 11.6 Å². The Hall–Kier alpha value is -3.26. The second kappa shape index (κ2) is 7.96. The molecule has 1 amide bonds. The third kappa shape index (κ3) is 4.12. The lowest BCUT2D eigenvalue weighted by atomic mass is 10.2. The van der Waals surface area contributed by atoms with Gasteiger partial charge < -0.3 is 14.8 Å². The van der Waals surface area contributed by atoms with E-state index in [1.165, 1.54) is 11.0 Å². The predicted molar refractivity (Wildman–Crippen MR) is 98.0 cm³/mol. The van der Waals surface area contributed by atoms with E-state index >= 15 is 0 Å². The highest BCUT2D eigenvalue weighted by atomic mass is 16.5. The number of aromatic nitrogens is 4. The molecule has 8 heteroatoms. The van der Waals surface area contributed by atoms with Crippen molar-refractivity contribution in [2.75, 3.05) is 18.5 Å². The lowest BCUT2D eigenvalue weighted by Gasteiger charge is -2.15. The first-order valence-corrected chi connectivity index (χ1v) is 8.78. The van der Waals surface area contributed by atoms with Crippen molar-refractivity contribution in [3.63, 3.8) is 0 Å². The van der Waals surface area contributed by atoms with E-state index in [1.54, 1.807) is 24.3 Å². The summed E-state index contributed by atoms with van der Waals surface area (Å²) in [4.78, 5) is 12.6. The summed E-state index contributed by atoms with van der Waals surface area (Å²) in [5.41, 5.74) is 1.93. The van der Waals surface area contributed by atoms with Crippen molar-refractivity contribution in [3.05, 3.63) is 60.4 Å². The number of tetrazole rings is 1. The molecule has 1 N–H and O–H groups in total. The topological polar surface area (TPSA) is 91.2 Å². The number of carbonyl (C=O) groups excluding carboxylic acids is 1. The van der Waals surface area contributed by atoms with Crippen molar-refractivity contribution in [1.29, 1.82) is 0 Å². The normalized spacial score (nSPS) is 16.2. The minimum atomic E-state index is -0.216. The Balaban J connectivity index is 1.43. The van der Waals surface area contributed by atoms with Crippen LogP contribution in [-0.2, 0) is 4.74 Å². The zero-order chi connectivity index (χ0) is 18.5. The molecule has 1 aliphatic rings. The Kier molecular flexibility index (Phi) is 5.06. The third-order valence-electron chi connectivity index (χ3n) is 4.33. The molecule has 2 aromatic carbocycles. The zero-order valence-corrected chi connectivity index (χ0v) is 14.6. The van der Waals surface area contributed by atoms with Crippen LogP contribution in [0.25, 0.3) is 5.69 Å². The second-order valence-corrected chi connectivity index (χ2v) is 6.20. The average molecular weight is 365 g/mol. The molecule has 2 heterocycles. The number of nitrogens with one attached hydrogen (secondary N) is 1. The smallest absolute Gasteiger partial charge is 0.255 e. The molecule has 1 fully saturated rings. The van der Waals surface area contributed by atoms with Gasteiger partial charge in [0.05, 0.1) is 17.5 Å². The second-order valence-electron chi connectivity index (χ2n) is 6.20. The monoisotopic (exact) mass is 365 g/mol. The molecule has 4 rings (SSSR count). The van der Waals surface area contributed by atoms with Gasteiger partial charge in [0, 0.05) is 12.2 Å². The zero-order valence-electron chi connectivity index (χ0n) is 14.6. The van der Waals surface area contributed by atoms with Crippen LogP contribution in [0.4, 0.5) is 5.69 Å². The first kappa shape index (κ1) is 17.2. The fourth-order valence-corrected chi connectivity index (χ4v) is 2.89. The van der Waals surface area contributed by atoms with Crippen LogP contribution < -0.4 is 10.1 Å². The molecule has 1 aromatic heterocycles. The van der Waals surface area contributed by atoms with E-state index in [9.17, 15) is 4.79 Å². The van der Waals surface area contributed by atoms with Gasteiger partial charge in [0.15, 0.2) is 0 Å². The van der Waals surface area contributed by atoms with E-state index in [0.29, 0.717) is 23.6 Å². The van der Waals surface area contributed by atoms with Crippen molar-refractivity contribution in [1.82, 2.24) is 20.2 Å². The maximum Gasteiger partial charge on any atom is 0.255 e. The SMILES string of the molecule is O=C(Nc1ccccc1OCC1CCCO1)c1ccc(-n2cnnn2)cc1. The molecular weight excluding hydrogens is 346 g/mol. The van der Waals surface area contributed by atoms with E-state index in [1.807, 2.05) is 24.3 Å². The standard InChI is InChI=1S/C19H19N5O3/c25-19(14-7-9-15(10-8-14)24-13-20-22-23-24)21-17-5-1-2-6-18(17)27-12-16-4-3-11-26-16/h1-2,5-10,13,16H,3-4,11-12H2,(H,21,25). The van der Waals surface area contributed by atoms with Gasteiger partial charge in [0.2, 0.25) is 0 Å². The summed E-state index contributed by atoms with van der Waals surface area (Å²) in [5.74, 6) is 0.415. The molecule has 8 nitrogen and oxygen atoms in total. The van der Waals surface area contributed by atoms with Crippen LogP contribution in [0, 0.1) is 0 Å². The van der Waals surface area contributed by atoms with Gasteiger partial charge in [-0.15, -0.1) is 5.10 Å². The summed E-state index contributed by atoms with van der Waals surface area (Å²) < 4.78 is 13.0. The van der Waals surface area contributed by atoms with E-state index < -0.39 is 0 Å². The van der Waals surface area contributed by atoms with Crippen LogP contribution >= 0.6 is 0 Å². The van der Waals surface area contributed by atoms with E-state index in [2.05, 4.69) is 20.8 Å². The summed E-state index contributed by atoms with van der Waals surface area (Å²) in [6.07, 6.45) is 3.68. The number of nitrogens with zero attached hydrogens (tertiary/aromatic N) is 4. The summed E-state index contributed by atoms with van der Waals surface area (Å²) in [6, 6.07) is 14.4. The van der Waals surface area contributed by atoms with Crippen molar-refractivity contribution in [2.24, 2.45) is 0 Å². The molecule has 1 aliphatic heterocycles. The number of hydrogen-bond acceptors (Lipinski definition) is 6. The number of hydrogen-bond donors (Lipinski definition) is 1. The Morgan fingerprint density at radius 2 is 2.07 bits per heavy atom. The predicted octanol–water partition coefficient (Wildman–Crippen LogP) is 2.47. The molecule has 27 heavy (non-hydrogen) atoms. The van der Waals surface area contributed by atoms with Gasteiger partial charge in [0.25, 0.3) is 5.91 Å². The lowest BCUT2D eigenvalue weighted by Crippen LogP contribution is -2.18. The molecular formula is C19H19N5O3. The first-order valence-electron chi connectivity index (χ1n) is 8.78. The third-order valence-corrected chi connectivity index (χ3v) is 4.33. The molecule has 138 valence electrons. The average Bonchev–Trinajstić information content (AvgIpc) is 3.41. The van der Waals surface area contributed by atoms with Gasteiger partial charge in [-0.1, -0.05) is 12.1 Å². The molecule has 0 aliphatic carbocycles. The number of amides is 1. The summed E-state index contributed by atoms with van der Waals surface area (Å²) >= 11 is 0. The van der Waals surface area contributed by atoms with Crippen molar-refractivity contribution in [3.8, 4) is 11.4 Å². The van der Waals surface area contributed by atoms with Gasteiger partial charge in [0.1, 0.15) is 18.7 Å². The van der Waals surface area contributed by atoms with Crippen LogP contribution in [0.5, 0.6) is 5.75 Å². The Bertz CT molecular complexity index is 890. The Morgan fingerprint density at radius 3 is 2.81 bits per heavy atom. The minimum Gasteiger partial charge on any atom is -0.489 e. The molecule has 1 unspecified atom stereocenters. The lowest BCUT2D eigenvalue weighted by molar-refractivity contribution is 0.0682. The van der Waals surface area contributed by atoms with Gasteiger partial charge in [-0.25, -0.2) is 4.68 Å². The number of anilines is 1. The Labute approximate surface area is 156 Å². The van der Waals surface area contributed by atoms with E-state index in [4.69, 9.17) is 9.47 Å². The fourth-order valence-electron chi connectivity index (χ4n) is 2.89. The highest BCUT2D eigenvalue weighted by Gasteiger charge is 2.17. The molecule has 0 spiro atoms. The molecule has 1 saturated heterocycles. The number of benzene rings is 2. The molecule has 1 atom stereocenters. The van der Waals surface area contributed by atoms with Crippen LogP contribution in [0.3, 0.4) is 0 Å². The number of rotatable bonds is 6. The number of para-hydroxylation sites is 2. The van der Waals surface area contributed by atoms with Crippen molar-refractivity contribution < 1.29 is 14.3 Å². The Morgan fingerprint density at radius 1 is 1.22 bits per heavy atom. The molecule has 0 bridgehead atoms. The highest BCUT2D eigenvalue weighted by molar-refractivity contribution is 6.05. The quantitative estimate of drug-likeness (QED) is 0.722. The maximum absolute atomic E-state index is 12.6.